The minimum atomic E-state index is -0.0345. The van der Waals surface area contributed by atoms with Crippen LogP contribution >= 0.6 is 11.6 Å². The van der Waals surface area contributed by atoms with Crippen molar-refractivity contribution in [2.24, 2.45) is 5.73 Å². The number of benzene rings is 1. The maximum atomic E-state index is 6.17. The number of nitrogens with two attached hydrogens (primary N) is 1. The van der Waals surface area contributed by atoms with E-state index >= 15 is 0 Å². The molecule has 1 aliphatic rings. The summed E-state index contributed by atoms with van der Waals surface area (Å²) >= 11 is 6.17. The summed E-state index contributed by atoms with van der Waals surface area (Å²) in [6.45, 7) is 4.24. The number of hydrogen-bond acceptors (Lipinski definition) is 2. The van der Waals surface area contributed by atoms with Gasteiger partial charge < -0.3 is 10.5 Å². The first-order valence-electron chi connectivity index (χ1n) is 5.73. The van der Waals surface area contributed by atoms with Crippen molar-refractivity contribution >= 4 is 11.6 Å². The summed E-state index contributed by atoms with van der Waals surface area (Å²) in [5, 5.41) is 0.816. The van der Waals surface area contributed by atoms with E-state index in [0.717, 1.165) is 30.0 Å². The topological polar surface area (TPSA) is 35.2 Å². The molecule has 1 aliphatic heterocycles. The molecule has 1 unspecified atom stereocenters. The molecule has 1 aromatic carbocycles. The number of hydrogen-bond donors (Lipinski definition) is 1. The van der Waals surface area contributed by atoms with Crippen molar-refractivity contribution in [2.45, 2.75) is 25.2 Å². The predicted molar refractivity (Wildman–Crippen MR) is 67.0 cm³/mol. The molecule has 1 atom stereocenters. The van der Waals surface area contributed by atoms with Gasteiger partial charge in [0.15, 0.2) is 0 Å². The second kappa shape index (κ2) is 4.74. The zero-order valence-electron chi connectivity index (χ0n) is 9.63. The Kier molecular flexibility index (Phi) is 3.53. The van der Waals surface area contributed by atoms with E-state index in [1.165, 1.54) is 5.56 Å². The Balaban J connectivity index is 2.43. The minimum absolute atomic E-state index is 0.0345. The predicted octanol–water partition coefficient (Wildman–Crippen LogP) is 2.66. The molecule has 0 aliphatic carbocycles. The monoisotopic (exact) mass is 239 g/mol. The molecule has 16 heavy (non-hydrogen) atoms. The van der Waals surface area contributed by atoms with E-state index in [-0.39, 0.29) is 5.41 Å². The molecule has 0 aromatic heterocycles. The number of rotatable bonds is 2. The third-order valence-corrected chi connectivity index (χ3v) is 3.96. The van der Waals surface area contributed by atoms with E-state index < -0.39 is 0 Å². The average molecular weight is 240 g/mol. The fourth-order valence-electron chi connectivity index (χ4n) is 2.52. The second-order valence-electron chi connectivity index (χ2n) is 4.55. The van der Waals surface area contributed by atoms with Gasteiger partial charge in [-0.1, -0.05) is 23.7 Å². The highest BCUT2D eigenvalue weighted by molar-refractivity contribution is 6.31. The van der Waals surface area contributed by atoms with Crippen LogP contribution in [0.3, 0.4) is 0 Å². The Labute approximate surface area is 102 Å². The maximum absolute atomic E-state index is 6.17. The fraction of sp³-hybridized carbons (Fsp3) is 0.538. The third-order valence-electron chi connectivity index (χ3n) is 3.55. The van der Waals surface area contributed by atoms with Crippen molar-refractivity contribution in [2.75, 3.05) is 19.8 Å². The summed E-state index contributed by atoms with van der Waals surface area (Å²) in [6, 6.07) is 6.05. The molecule has 1 saturated heterocycles. The first-order valence-corrected chi connectivity index (χ1v) is 6.11. The van der Waals surface area contributed by atoms with E-state index in [0.29, 0.717) is 13.2 Å². The van der Waals surface area contributed by atoms with E-state index in [1.54, 1.807) is 0 Å². The molecule has 3 heteroatoms. The average Bonchev–Trinajstić information content (AvgIpc) is 2.33. The van der Waals surface area contributed by atoms with Gasteiger partial charge in [0.1, 0.15) is 0 Å². The van der Waals surface area contributed by atoms with Crippen LogP contribution in [0.15, 0.2) is 18.2 Å². The van der Waals surface area contributed by atoms with Crippen LogP contribution < -0.4 is 5.73 Å². The van der Waals surface area contributed by atoms with Gasteiger partial charge in [-0.25, -0.2) is 0 Å². The van der Waals surface area contributed by atoms with Crippen LogP contribution in [0.2, 0.25) is 5.02 Å². The quantitative estimate of drug-likeness (QED) is 0.861. The first-order chi connectivity index (χ1) is 7.69. The Morgan fingerprint density at radius 3 is 2.94 bits per heavy atom. The number of ether oxygens (including phenoxy) is 1. The van der Waals surface area contributed by atoms with Crippen molar-refractivity contribution in [3.8, 4) is 0 Å². The molecule has 2 nitrogen and oxygen atoms in total. The highest BCUT2D eigenvalue weighted by atomic mass is 35.5. The lowest BCUT2D eigenvalue weighted by Crippen LogP contribution is -2.43. The Morgan fingerprint density at radius 2 is 2.31 bits per heavy atom. The molecule has 0 spiro atoms. The molecule has 2 N–H and O–H groups in total. The van der Waals surface area contributed by atoms with E-state index in [9.17, 15) is 0 Å². The van der Waals surface area contributed by atoms with Crippen LogP contribution in [0.5, 0.6) is 0 Å². The van der Waals surface area contributed by atoms with Crippen molar-refractivity contribution < 1.29 is 4.74 Å². The third kappa shape index (κ3) is 1.97. The van der Waals surface area contributed by atoms with Gasteiger partial charge in [0.25, 0.3) is 0 Å². The zero-order valence-corrected chi connectivity index (χ0v) is 10.4. The smallest absolute Gasteiger partial charge is 0.0575 e. The summed E-state index contributed by atoms with van der Waals surface area (Å²) in [6.07, 6.45) is 2.16. The number of halogens is 1. The Hall–Kier alpha value is -0.570. The van der Waals surface area contributed by atoms with Crippen LogP contribution in [-0.2, 0) is 10.2 Å². The Morgan fingerprint density at radius 1 is 1.50 bits per heavy atom. The molecule has 1 fully saturated rings. The summed E-state index contributed by atoms with van der Waals surface area (Å²) in [5.74, 6) is 0. The Bertz CT molecular complexity index is 372. The largest absolute Gasteiger partial charge is 0.380 e. The molecule has 0 saturated carbocycles. The van der Waals surface area contributed by atoms with Crippen LogP contribution in [0.1, 0.15) is 24.0 Å². The highest BCUT2D eigenvalue weighted by Gasteiger charge is 2.34. The van der Waals surface area contributed by atoms with Crippen LogP contribution in [0.25, 0.3) is 0 Å². The van der Waals surface area contributed by atoms with Crippen LogP contribution in [0, 0.1) is 6.92 Å². The lowest BCUT2D eigenvalue weighted by atomic mass is 9.74. The SMILES string of the molecule is Cc1c(Cl)cccc1C1(CN)CCCOC1. The maximum Gasteiger partial charge on any atom is 0.0575 e. The standard InChI is InChI=1S/C13H18ClNO/c1-10-11(4-2-5-12(10)14)13(8-15)6-3-7-16-9-13/h2,4-5H,3,6-9,15H2,1H3. The normalized spacial score (nSPS) is 25.7. The molecule has 0 radical (unpaired) electrons. The lowest BCUT2D eigenvalue weighted by Gasteiger charge is -2.37. The molecule has 1 heterocycles. The van der Waals surface area contributed by atoms with Crippen molar-refractivity contribution in [1.29, 1.82) is 0 Å². The minimum Gasteiger partial charge on any atom is -0.380 e. The highest BCUT2D eigenvalue weighted by Crippen LogP contribution is 2.36. The molecule has 2 rings (SSSR count). The van der Waals surface area contributed by atoms with Crippen molar-refractivity contribution in [3.63, 3.8) is 0 Å². The second-order valence-corrected chi connectivity index (χ2v) is 4.96. The van der Waals surface area contributed by atoms with Gasteiger partial charge in [0, 0.05) is 23.6 Å². The lowest BCUT2D eigenvalue weighted by molar-refractivity contribution is 0.0374. The van der Waals surface area contributed by atoms with Gasteiger partial charge in [0.05, 0.1) is 6.61 Å². The molecule has 88 valence electrons. The molecular formula is C13H18ClNO. The molecule has 0 amide bonds. The zero-order chi connectivity index (χ0) is 11.6. The molecule has 0 bridgehead atoms. The van der Waals surface area contributed by atoms with Crippen LogP contribution in [0.4, 0.5) is 0 Å². The molecule has 1 aromatic rings. The van der Waals surface area contributed by atoms with Gasteiger partial charge in [-0.3, -0.25) is 0 Å². The van der Waals surface area contributed by atoms with Crippen LogP contribution in [-0.4, -0.2) is 19.8 Å². The van der Waals surface area contributed by atoms with Crippen molar-refractivity contribution in [1.82, 2.24) is 0 Å². The van der Waals surface area contributed by atoms with E-state index in [1.807, 2.05) is 12.1 Å². The van der Waals surface area contributed by atoms with Gasteiger partial charge in [-0.15, -0.1) is 0 Å². The summed E-state index contributed by atoms with van der Waals surface area (Å²) in [4.78, 5) is 0. The van der Waals surface area contributed by atoms with Gasteiger partial charge in [0.2, 0.25) is 0 Å². The fourth-order valence-corrected chi connectivity index (χ4v) is 2.69. The first kappa shape index (κ1) is 11.9. The van der Waals surface area contributed by atoms with Crippen molar-refractivity contribution in [3.05, 3.63) is 34.3 Å². The van der Waals surface area contributed by atoms with E-state index in [2.05, 4.69) is 13.0 Å². The summed E-state index contributed by atoms with van der Waals surface area (Å²) in [5.41, 5.74) is 8.32. The van der Waals surface area contributed by atoms with E-state index in [4.69, 9.17) is 22.1 Å². The van der Waals surface area contributed by atoms with Gasteiger partial charge in [-0.2, -0.15) is 0 Å². The summed E-state index contributed by atoms with van der Waals surface area (Å²) < 4.78 is 5.60. The van der Waals surface area contributed by atoms with Gasteiger partial charge >= 0.3 is 0 Å². The summed E-state index contributed by atoms with van der Waals surface area (Å²) in [7, 11) is 0. The van der Waals surface area contributed by atoms with Gasteiger partial charge in [-0.05, 0) is 37.0 Å². The molecular weight excluding hydrogens is 222 g/mol.